The maximum atomic E-state index is 6.05. The third-order valence-corrected chi connectivity index (χ3v) is 3.72. The van der Waals surface area contributed by atoms with E-state index in [1.165, 1.54) is 0 Å². The molecule has 0 N–H and O–H groups in total. The molecule has 88 valence electrons. The zero-order valence-electron chi connectivity index (χ0n) is 9.44. The molecule has 17 heavy (non-hydrogen) atoms. The van der Waals surface area contributed by atoms with Crippen LogP contribution in [0.2, 0.25) is 10.0 Å². The van der Waals surface area contributed by atoms with E-state index in [1.54, 1.807) is 0 Å². The van der Waals surface area contributed by atoms with Gasteiger partial charge >= 0.3 is 0 Å². The Morgan fingerprint density at radius 2 is 1.88 bits per heavy atom. The first-order valence-corrected chi connectivity index (χ1v) is 6.39. The van der Waals surface area contributed by atoms with Gasteiger partial charge in [0.15, 0.2) is 0 Å². The zero-order valence-corrected chi connectivity index (χ0v) is 11.0. The van der Waals surface area contributed by atoms with Crippen molar-refractivity contribution in [1.29, 1.82) is 0 Å². The Labute approximate surface area is 112 Å². The molecule has 0 aromatic heterocycles. The summed E-state index contributed by atoms with van der Waals surface area (Å²) >= 11 is 12.0. The van der Waals surface area contributed by atoms with E-state index in [-0.39, 0.29) is 5.92 Å². The lowest BCUT2D eigenvalue weighted by atomic mass is 9.84. The fraction of sp³-hybridized carbons (Fsp3) is 0.200. The predicted molar refractivity (Wildman–Crippen MR) is 75.8 cm³/mol. The second kappa shape index (κ2) is 5.57. The molecule has 0 radical (unpaired) electrons. The summed E-state index contributed by atoms with van der Waals surface area (Å²) in [5, 5.41) is 1.19. The lowest BCUT2D eigenvalue weighted by molar-refractivity contribution is 0.698. The average Bonchev–Trinajstić information content (AvgIpc) is 2.36. The summed E-state index contributed by atoms with van der Waals surface area (Å²) in [4.78, 5) is 0. The van der Waals surface area contributed by atoms with Crippen molar-refractivity contribution in [3.8, 4) is 0 Å². The van der Waals surface area contributed by atoms with Crippen molar-refractivity contribution in [3.63, 3.8) is 0 Å². The first-order chi connectivity index (χ1) is 8.22. The van der Waals surface area contributed by atoms with Gasteiger partial charge in [0, 0.05) is 11.8 Å². The Kier molecular flexibility index (Phi) is 4.09. The molecule has 0 aliphatic heterocycles. The second-order valence-electron chi connectivity index (χ2n) is 4.10. The molecule has 0 amide bonds. The van der Waals surface area contributed by atoms with Gasteiger partial charge in [0.05, 0.1) is 10.0 Å². The largest absolute Gasteiger partial charge is 0.102 e. The quantitative estimate of drug-likeness (QED) is 0.642. The molecular formula is C15H14Cl2. The topological polar surface area (TPSA) is 0 Å². The molecule has 0 fully saturated rings. The van der Waals surface area contributed by atoms with Gasteiger partial charge in [-0.05, 0) is 24.1 Å². The third-order valence-electron chi connectivity index (χ3n) is 2.99. The van der Waals surface area contributed by atoms with Crippen LogP contribution >= 0.6 is 23.2 Å². The fourth-order valence-corrected chi connectivity index (χ4v) is 2.40. The van der Waals surface area contributed by atoms with Gasteiger partial charge < -0.3 is 0 Å². The van der Waals surface area contributed by atoms with Crippen LogP contribution in [0.4, 0.5) is 0 Å². The van der Waals surface area contributed by atoms with Crippen molar-refractivity contribution >= 4 is 23.2 Å². The SMILES string of the molecule is C=CC(c1ccc(Cl)c(Cl)c1)C1C=CCC=C1. The van der Waals surface area contributed by atoms with Crippen LogP contribution in [0, 0.1) is 5.92 Å². The van der Waals surface area contributed by atoms with E-state index in [0.717, 1.165) is 12.0 Å². The van der Waals surface area contributed by atoms with Crippen LogP contribution in [-0.4, -0.2) is 0 Å². The minimum atomic E-state index is 0.248. The minimum absolute atomic E-state index is 0.248. The molecule has 0 heterocycles. The molecule has 0 saturated carbocycles. The molecule has 2 heteroatoms. The number of halogens is 2. The molecule has 2 rings (SSSR count). The van der Waals surface area contributed by atoms with E-state index in [1.807, 2.05) is 24.3 Å². The van der Waals surface area contributed by atoms with Crippen LogP contribution in [0.25, 0.3) is 0 Å². The van der Waals surface area contributed by atoms with Crippen molar-refractivity contribution < 1.29 is 0 Å². The number of rotatable bonds is 3. The summed E-state index contributed by atoms with van der Waals surface area (Å²) in [6.45, 7) is 3.92. The van der Waals surface area contributed by atoms with Gasteiger partial charge in [0.25, 0.3) is 0 Å². The lowest BCUT2D eigenvalue weighted by Crippen LogP contribution is -2.07. The third kappa shape index (κ3) is 2.83. The Hall–Kier alpha value is -0.980. The van der Waals surface area contributed by atoms with Gasteiger partial charge in [-0.2, -0.15) is 0 Å². The Balaban J connectivity index is 2.31. The van der Waals surface area contributed by atoms with Gasteiger partial charge in [-0.15, -0.1) is 6.58 Å². The van der Waals surface area contributed by atoms with E-state index in [0.29, 0.717) is 16.0 Å². The average molecular weight is 265 g/mol. The van der Waals surface area contributed by atoms with Gasteiger partial charge in [-0.3, -0.25) is 0 Å². The highest BCUT2D eigenvalue weighted by Crippen LogP contribution is 2.33. The highest BCUT2D eigenvalue weighted by Gasteiger charge is 2.17. The standard InChI is InChI=1S/C15H14Cl2/c1-2-13(11-6-4-3-5-7-11)12-8-9-14(16)15(17)10-12/h2,4-11,13H,1,3H2. The van der Waals surface area contributed by atoms with E-state index in [4.69, 9.17) is 23.2 Å². The zero-order chi connectivity index (χ0) is 12.3. The summed E-state index contributed by atoms with van der Waals surface area (Å²) in [5.74, 6) is 0.607. The van der Waals surface area contributed by atoms with Crippen LogP contribution in [0.1, 0.15) is 17.9 Å². The predicted octanol–water partition coefficient (Wildman–Crippen LogP) is 5.40. The van der Waals surface area contributed by atoms with Crippen molar-refractivity contribution in [3.05, 3.63) is 70.8 Å². The molecule has 1 aromatic rings. The Morgan fingerprint density at radius 1 is 1.18 bits per heavy atom. The van der Waals surface area contributed by atoms with Gasteiger partial charge in [-0.1, -0.05) is 59.6 Å². The molecule has 1 aliphatic carbocycles. The van der Waals surface area contributed by atoms with Crippen LogP contribution in [-0.2, 0) is 0 Å². The highest BCUT2D eigenvalue weighted by atomic mass is 35.5. The maximum Gasteiger partial charge on any atom is 0.0595 e. The molecular weight excluding hydrogens is 251 g/mol. The fourth-order valence-electron chi connectivity index (χ4n) is 2.09. The normalized spacial score (nSPS) is 17.1. The molecule has 0 spiro atoms. The van der Waals surface area contributed by atoms with E-state index in [2.05, 4.69) is 30.9 Å². The molecule has 0 nitrogen and oxygen atoms in total. The second-order valence-corrected chi connectivity index (χ2v) is 4.92. The molecule has 1 aromatic carbocycles. The van der Waals surface area contributed by atoms with Crippen LogP contribution in [0.3, 0.4) is 0 Å². The van der Waals surface area contributed by atoms with Crippen LogP contribution in [0.5, 0.6) is 0 Å². The molecule has 1 atom stereocenters. The summed E-state index contributed by atoms with van der Waals surface area (Å²) in [7, 11) is 0. The van der Waals surface area contributed by atoms with Gasteiger partial charge in [0.2, 0.25) is 0 Å². The number of hydrogen-bond donors (Lipinski definition) is 0. The van der Waals surface area contributed by atoms with Crippen molar-refractivity contribution in [1.82, 2.24) is 0 Å². The number of allylic oxidation sites excluding steroid dienone is 5. The lowest BCUT2D eigenvalue weighted by Gasteiger charge is -2.21. The smallest absolute Gasteiger partial charge is 0.0595 e. The van der Waals surface area contributed by atoms with Crippen molar-refractivity contribution in [2.75, 3.05) is 0 Å². The molecule has 1 aliphatic rings. The molecule has 0 bridgehead atoms. The van der Waals surface area contributed by atoms with Crippen molar-refractivity contribution in [2.24, 2.45) is 5.92 Å². The number of benzene rings is 1. The van der Waals surface area contributed by atoms with Crippen LogP contribution < -0.4 is 0 Å². The van der Waals surface area contributed by atoms with E-state index >= 15 is 0 Å². The van der Waals surface area contributed by atoms with Crippen molar-refractivity contribution in [2.45, 2.75) is 12.3 Å². The highest BCUT2D eigenvalue weighted by molar-refractivity contribution is 6.42. The summed E-state index contributed by atoms with van der Waals surface area (Å²) in [5.41, 5.74) is 1.15. The first-order valence-electron chi connectivity index (χ1n) is 5.63. The van der Waals surface area contributed by atoms with E-state index in [9.17, 15) is 0 Å². The minimum Gasteiger partial charge on any atom is -0.102 e. The van der Waals surface area contributed by atoms with E-state index < -0.39 is 0 Å². The summed E-state index contributed by atoms with van der Waals surface area (Å²) in [6, 6.07) is 5.77. The Morgan fingerprint density at radius 3 is 2.47 bits per heavy atom. The first kappa shape index (κ1) is 12.5. The molecule has 1 unspecified atom stereocenters. The maximum absolute atomic E-state index is 6.05. The Bertz CT molecular complexity index is 460. The van der Waals surface area contributed by atoms with Gasteiger partial charge in [0.1, 0.15) is 0 Å². The monoisotopic (exact) mass is 264 g/mol. The van der Waals surface area contributed by atoms with Gasteiger partial charge in [-0.25, -0.2) is 0 Å². The number of hydrogen-bond acceptors (Lipinski definition) is 0. The molecule has 0 saturated heterocycles. The summed E-state index contributed by atoms with van der Waals surface area (Å²) in [6.07, 6.45) is 11.8. The van der Waals surface area contributed by atoms with Crippen LogP contribution in [0.15, 0.2) is 55.2 Å². The summed E-state index contributed by atoms with van der Waals surface area (Å²) < 4.78 is 0.